The van der Waals surface area contributed by atoms with Crippen molar-refractivity contribution in [2.75, 3.05) is 12.4 Å². The molecule has 0 radical (unpaired) electrons. The summed E-state index contributed by atoms with van der Waals surface area (Å²) in [5.41, 5.74) is 6.01. The fourth-order valence-electron chi connectivity index (χ4n) is 3.00. The summed E-state index contributed by atoms with van der Waals surface area (Å²) < 4.78 is 5.29. The Morgan fingerprint density at radius 2 is 2.00 bits per heavy atom. The van der Waals surface area contributed by atoms with E-state index in [1.807, 2.05) is 32.3 Å². The fourth-order valence-corrected chi connectivity index (χ4v) is 3.00. The number of nitrogens with one attached hydrogen (secondary N) is 2. The first-order valence-electron chi connectivity index (χ1n) is 7.73. The molecule has 6 heteroatoms. The van der Waals surface area contributed by atoms with E-state index in [1.54, 1.807) is 7.05 Å². The zero-order valence-electron chi connectivity index (χ0n) is 13.7. The van der Waals surface area contributed by atoms with Crippen LogP contribution in [0.5, 0.6) is 0 Å². The predicted molar refractivity (Wildman–Crippen MR) is 93.8 cm³/mol. The van der Waals surface area contributed by atoms with Crippen molar-refractivity contribution in [1.82, 2.24) is 20.1 Å². The molecule has 0 unspecified atom stereocenters. The van der Waals surface area contributed by atoms with E-state index in [-0.39, 0.29) is 0 Å². The normalized spacial score (nSPS) is 11.1. The van der Waals surface area contributed by atoms with E-state index >= 15 is 0 Å². The zero-order valence-corrected chi connectivity index (χ0v) is 13.7. The van der Waals surface area contributed by atoms with Crippen molar-refractivity contribution in [3.63, 3.8) is 0 Å². The Labute approximate surface area is 138 Å². The van der Waals surface area contributed by atoms with Crippen molar-refractivity contribution in [1.29, 1.82) is 0 Å². The van der Waals surface area contributed by atoms with Crippen molar-refractivity contribution in [2.45, 2.75) is 13.8 Å². The van der Waals surface area contributed by atoms with Crippen LogP contribution in [0.1, 0.15) is 11.5 Å². The van der Waals surface area contributed by atoms with E-state index in [0.29, 0.717) is 5.95 Å². The predicted octanol–water partition coefficient (Wildman–Crippen LogP) is 3.94. The maximum Gasteiger partial charge on any atom is 0.224 e. The molecule has 0 aliphatic heterocycles. The molecule has 0 atom stereocenters. The van der Waals surface area contributed by atoms with E-state index in [0.717, 1.165) is 44.7 Å². The second-order valence-corrected chi connectivity index (χ2v) is 5.69. The molecule has 0 amide bonds. The van der Waals surface area contributed by atoms with Gasteiger partial charge in [-0.25, -0.2) is 4.98 Å². The third kappa shape index (κ3) is 2.23. The van der Waals surface area contributed by atoms with Crippen LogP contribution in [0.25, 0.3) is 33.3 Å². The first-order valence-corrected chi connectivity index (χ1v) is 7.73. The van der Waals surface area contributed by atoms with Crippen LogP contribution >= 0.6 is 0 Å². The van der Waals surface area contributed by atoms with E-state index < -0.39 is 0 Å². The van der Waals surface area contributed by atoms with Crippen LogP contribution in [0.4, 0.5) is 5.95 Å². The Kier molecular flexibility index (Phi) is 3.30. The monoisotopic (exact) mass is 319 g/mol. The summed E-state index contributed by atoms with van der Waals surface area (Å²) in [5, 5.41) is 7.99. The molecule has 0 saturated heterocycles. The third-order valence-corrected chi connectivity index (χ3v) is 4.15. The van der Waals surface area contributed by atoms with Crippen LogP contribution in [0, 0.1) is 13.8 Å². The highest BCUT2D eigenvalue weighted by Gasteiger charge is 2.14. The molecule has 0 fully saturated rings. The average Bonchev–Trinajstić information content (AvgIpc) is 3.17. The van der Waals surface area contributed by atoms with Gasteiger partial charge in [-0.15, -0.1) is 0 Å². The molecule has 4 rings (SSSR count). The largest absolute Gasteiger partial charge is 0.361 e. The molecule has 3 heterocycles. The highest BCUT2D eigenvalue weighted by molar-refractivity contribution is 5.94. The lowest BCUT2D eigenvalue weighted by molar-refractivity contribution is 0.393. The van der Waals surface area contributed by atoms with Gasteiger partial charge in [-0.3, -0.25) is 0 Å². The number of hydrogen-bond donors (Lipinski definition) is 2. The molecule has 120 valence electrons. The summed E-state index contributed by atoms with van der Waals surface area (Å²) in [7, 11) is 1.80. The van der Waals surface area contributed by atoms with Crippen LogP contribution in [-0.2, 0) is 0 Å². The molecular formula is C18H17N5O. The van der Waals surface area contributed by atoms with E-state index in [1.165, 1.54) is 0 Å². The highest BCUT2D eigenvalue weighted by atomic mass is 16.5. The topological polar surface area (TPSA) is 79.6 Å². The molecule has 1 aromatic carbocycles. The van der Waals surface area contributed by atoms with Crippen LogP contribution in [0.15, 0.2) is 41.2 Å². The molecule has 0 bridgehead atoms. The number of anilines is 1. The summed E-state index contributed by atoms with van der Waals surface area (Å²) in [6.07, 6.45) is 3.80. The van der Waals surface area contributed by atoms with Gasteiger partial charge in [0, 0.05) is 36.0 Å². The van der Waals surface area contributed by atoms with Crippen molar-refractivity contribution < 1.29 is 4.52 Å². The number of aryl methyl sites for hydroxylation is 2. The van der Waals surface area contributed by atoms with Gasteiger partial charge in [-0.2, -0.15) is 4.98 Å². The van der Waals surface area contributed by atoms with Gasteiger partial charge in [0.25, 0.3) is 0 Å². The lowest BCUT2D eigenvalue weighted by Crippen LogP contribution is -1.95. The Morgan fingerprint density at radius 1 is 1.17 bits per heavy atom. The SMILES string of the molecule is CNc1ncc2c(-c3cccc(-c4c(C)noc4C)c3)c[nH]c2n1. The minimum Gasteiger partial charge on any atom is -0.361 e. The summed E-state index contributed by atoms with van der Waals surface area (Å²) in [4.78, 5) is 12.0. The average molecular weight is 319 g/mol. The molecule has 0 aliphatic carbocycles. The number of hydrogen-bond acceptors (Lipinski definition) is 5. The molecule has 0 saturated carbocycles. The first-order chi connectivity index (χ1) is 11.7. The minimum atomic E-state index is 0.598. The number of rotatable bonds is 3. The minimum absolute atomic E-state index is 0.598. The molecular weight excluding hydrogens is 302 g/mol. The molecule has 3 aromatic heterocycles. The maximum atomic E-state index is 5.29. The van der Waals surface area contributed by atoms with Crippen molar-refractivity contribution >= 4 is 17.0 Å². The van der Waals surface area contributed by atoms with Crippen LogP contribution in [0.2, 0.25) is 0 Å². The quantitative estimate of drug-likeness (QED) is 0.598. The standard InChI is InChI=1S/C18H17N5O/c1-10-16(11(2)24-23-10)13-6-4-5-12(7-13)14-8-20-17-15(14)9-21-18(19-3)22-17/h4-9H,1-3H3,(H2,19,20,21,22). The van der Waals surface area contributed by atoms with Gasteiger partial charge in [0.2, 0.25) is 5.95 Å². The number of H-pyrrole nitrogens is 1. The number of aromatic nitrogens is 4. The molecule has 6 nitrogen and oxygen atoms in total. The molecule has 2 N–H and O–H groups in total. The molecule has 0 spiro atoms. The van der Waals surface area contributed by atoms with Crippen LogP contribution in [-0.4, -0.2) is 27.2 Å². The Morgan fingerprint density at radius 3 is 2.75 bits per heavy atom. The summed E-state index contributed by atoms with van der Waals surface area (Å²) in [6.45, 7) is 3.89. The number of fused-ring (bicyclic) bond motifs is 1. The van der Waals surface area contributed by atoms with Gasteiger partial charge in [0.15, 0.2) is 0 Å². The lowest BCUT2D eigenvalue weighted by Gasteiger charge is -2.05. The zero-order chi connectivity index (χ0) is 16.7. The van der Waals surface area contributed by atoms with Crippen molar-refractivity contribution in [3.8, 4) is 22.3 Å². The van der Waals surface area contributed by atoms with Gasteiger partial charge >= 0.3 is 0 Å². The third-order valence-electron chi connectivity index (χ3n) is 4.15. The fraction of sp³-hybridized carbons (Fsp3) is 0.167. The van der Waals surface area contributed by atoms with E-state index in [9.17, 15) is 0 Å². The van der Waals surface area contributed by atoms with Crippen molar-refractivity contribution in [2.24, 2.45) is 0 Å². The van der Waals surface area contributed by atoms with Gasteiger partial charge in [0.05, 0.1) is 5.69 Å². The summed E-state index contributed by atoms with van der Waals surface area (Å²) in [5.74, 6) is 1.42. The number of nitrogens with zero attached hydrogens (tertiary/aromatic N) is 3. The Bertz CT molecular complexity index is 1010. The van der Waals surface area contributed by atoms with Gasteiger partial charge in [-0.05, 0) is 31.0 Å². The summed E-state index contributed by atoms with van der Waals surface area (Å²) in [6, 6.07) is 8.33. The molecule has 0 aliphatic rings. The highest BCUT2D eigenvalue weighted by Crippen LogP contribution is 2.33. The van der Waals surface area contributed by atoms with Crippen LogP contribution < -0.4 is 5.32 Å². The number of aromatic amines is 1. The molecule has 4 aromatic rings. The Balaban J connectivity index is 1.85. The van der Waals surface area contributed by atoms with Gasteiger partial charge < -0.3 is 14.8 Å². The van der Waals surface area contributed by atoms with Crippen molar-refractivity contribution in [3.05, 3.63) is 48.1 Å². The first kappa shape index (κ1) is 14.4. The van der Waals surface area contributed by atoms with Crippen LogP contribution in [0.3, 0.4) is 0 Å². The number of benzene rings is 1. The summed E-state index contributed by atoms with van der Waals surface area (Å²) >= 11 is 0. The Hall–Kier alpha value is -3.15. The molecule has 24 heavy (non-hydrogen) atoms. The van der Waals surface area contributed by atoms with E-state index in [4.69, 9.17) is 4.52 Å². The second-order valence-electron chi connectivity index (χ2n) is 5.69. The second kappa shape index (κ2) is 5.49. The van der Waals surface area contributed by atoms with E-state index in [2.05, 4.69) is 43.6 Å². The maximum absolute atomic E-state index is 5.29. The van der Waals surface area contributed by atoms with Gasteiger partial charge in [0.1, 0.15) is 11.4 Å². The lowest BCUT2D eigenvalue weighted by atomic mass is 9.98. The van der Waals surface area contributed by atoms with Gasteiger partial charge in [-0.1, -0.05) is 23.4 Å². The smallest absolute Gasteiger partial charge is 0.224 e.